The third-order valence-corrected chi connectivity index (χ3v) is 4.03. The number of pyridine rings is 1. The first-order valence-corrected chi connectivity index (χ1v) is 8.36. The van der Waals surface area contributed by atoms with Gasteiger partial charge in [0.25, 0.3) is 0 Å². The summed E-state index contributed by atoms with van der Waals surface area (Å²) in [5.74, 6) is 0.328. The highest BCUT2D eigenvalue weighted by Gasteiger charge is 2.38. The normalized spacial score (nSPS) is 11.3. The highest BCUT2D eigenvalue weighted by Crippen LogP contribution is 2.36. The molecule has 3 aromatic rings. The molecule has 0 aliphatic heterocycles. The standard InChI is InChI=1S/C20H20N2O4/c1-4-25-19(23)20(2,3)18-21-16(15-11-8-12-22(24)13-15)17(26-18)14-9-6-5-7-10-14/h5-13H,4H2,1-3H3. The minimum absolute atomic E-state index is 0.242. The fourth-order valence-corrected chi connectivity index (χ4v) is 2.56. The van der Waals surface area contributed by atoms with Gasteiger partial charge in [0.1, 0.15) is 11.1 Å². The number of benzene rings is 1. The van der Waals surface area contributed by atoms with E-state index in [1.165, 1.54) is 12.4 Å². The first-order valence-electron chi connectivity index (χ1n) is 8.36. The number of ether oxygens (including phenoxy) is 1. The highest BCUT2D eigenvalue weighted by atomic mass is 16.5. The number of carbonyl (C=O) groups excluding carboxylic acids is 1. The Labute approximate surface area is 151 Å². The summed E-state index contributed by atoms with van der Waals surface area (Å²) in [7, 11) is 0. The van der Waals surface area contributed by atoms with Crippen molar-refractivity contribution in [2.24, 2.45) is 0 Å². The molecule has 0 N–H and O–H groups in total. The number of hydrogen-bond donors (Lipinski definition) is 0. The molecule has 0 spiro atoms. The molecule has 2 aromatic heterocycles. The van der Waals surface area contributed by atoms with Gasteiger partial charge in [0.15, 0.2) is 18.2 Å². The maximum atomic E-state index is 12.3. The molecule has 2 heterocycles. The molecule has 0 saturated carbocycles. The van der Waals surface area contributed by atoms with Gasteiger partial charge in [-0.15, -0.1) is 0 Å². The third kappa shape index (κ3) is 3.31. The molecule has 0 aliphatic rings. The second kappa shape index (κ2) is 7.00. The third-order valence-electron chi connectivity index (χ3n) is 4.03. The summed E-state index contributed by atoms with van der Waals surface area (Å²) in [6.45, 7) is 5.43. The van der Waals surface area contributed by atoms with Crippen molar-refractivity contribution < 1.29 is 18.7 Å². The lowest BCUT2D eigenvalue weighted by Crippen LogP contribution is -2.31. The average molecular weight is 352 g/mol. The Morgan fingerprint density at radius 3 is 2.54 bits per heavy atom. The monoisotopic (exact) mass is 352 g/mol. The van der Waals surface area contributed by atoms with E-state index in [4.69, 9.17) is 9.15 Å². The first kappa shape index (κ1) is 17.7. The Morgan fingerprint density at radius 1 is 1.19 bits per heavy atom. The summed E-state index contributed by atoms with van der Waals surface area (Å²) >= 11 is 0. The van der Waals surface area contributed by atoms with Gasteiger partial charge in [0.05, 0.1) is 12.2 Å². The predicted octanol–water partition coefficient (Wildman–Crippen LogP) is 3.48. The number of esters is 1. The van der Waals surface area contributed by atoms with Gasteiger partial charge in [-0.2, -0.15) is 4.73 Å². The Hall–Kier alpha value is -3.15. The molecule has 26 heavy (non-hydrogen) atoms. The van der Waals surface area contributed by atoms with E-state index in [0.717, 1.165) is 5.56 Å². The van der Waals surface area contributed by atoms with Gasteiger partial charge in [-0.25, -0.2) is 4.98 Å². The molecule has 0 aliphatic carbocycles. The van der Waals surface area contributed by atoms with E-state index in [1.807, 2.05) is 30.3 Å². The Bertz CT molecular complexity index is 917. The van der Waals surface area contributed by atoms with E-state index in [2.05, 4.69) is 4.98 Å². The lowest BCUT2D eigenvalue weighted by Gasteiger charge is -2.18. The molecule has 0 unspecified atom stereocenters. The molecule has 6 heteroatoms. The molecular formula is C20H20N2O4. The van der Waals surface area contributed by atoms with Crippen LogP contribution in [0.15, 0.2) is 59.3 Å². The van der Waals surface area contributed by atoms with E-state index in [0.29, 0.717) is 21.7 Å². The summed E-state index contributed by atoms with van der Waals surface area (Å²) in [4.78, 5) is 16.9. The molecule has 1 aromatic carbocycles. The van der Waals surface area contributed by atoms with Crippen LogP contribution in [0.4, 0.5) is 0 Å². The summed E-state index contributed by atoms with van der Waals surface area (Å²) in [6, 6.07) is 12.9. The molecule has 6 nitrogen and oxygen atoms in total. The molecule has 0 bridgehead atoms. The lowest BCUT2D eigenvalue weighted by molar-refractivity contribution is -0.604. The van der Waals surface area contributed by atoms with Gasteiger partial charge in [0, 0.05) is 11.6 Å². The van der Waals surface area contributed by atoms with Crippen molar-refractivity contribution in [3.8, 4) is 22.6 Å². The van der Waals surface area contributed by atoms with Gasteiger partial charge in [-0.1, -0.05) is 30.3 Å². The fraction of sp³-hybridized carbons (Fsp3) is 0.250. The van der Waals surface area contributed by atoms with Crippen LogP contribution < -0.4 is 4.73 Å². The van der Waals surface area contributed by atoms with E-state index in [1.54, 1.807) is 32.9 Å². The minimum atomic E-state index is -1.06. The van der Waals surface area contributed by atoms with Crippen LogP contribution in [0.1, 0.15) is 26.7 Å². The van der Waals surface area contributed by atoms with Gasteiger partial charge in [-0.3, -0.25) is 4.79 Å². The van der Waals surface area contributed by atoms with Crippen LogP contribution in [0, 0.1) is 5.21 Å². The van der Waals surface area contributed by atoms with E-state index in [-0.39, 0.29) is 12.5 Å². The molecule has 0 atom stereocenters. The van der Waals surface area contributed by atoms with Crippen molar-refractivity contribution in [1.82, 2.24) is 4.98 Å². The van der Waals surface area contributed by atoms with E-state index in [9.17, 15) is 10.0 Å². The maximum absolute atomic E-state index is 12.3. The quantitative estimate of drug-likeness (QED) is 0.399. The van der Waals surface area contributed by atoms with Gasteiger partial charge >= 0.3 is 5.97 Å². The van der Waals surface area contributed by atoms with Crippen LogP contribution in [-0.2, 0) is 14.9 Å². The summed E-state index contributed by atoms with van der Waals surface area (Å²) in [5, 5.41) is 11.7. The number of nitrogens with zero attached hydrogens (tertiary/aromatic N) is 2. The fourth-order valence-electron chi connectivity index (χ4n) is 2.56. The van der Waals surface area contributed by atoms with Crippen molar-refractivity contribution in [2.75, 3.05) is 6.61 Å². The van der Waals surface area contributed by atoms with E-state index < -0.39 is 11.4 Å². The van der Waals surface area contributed by atoms with Crippen molar-refractivity contribution in [3.63, 3.8) is 0 Å². The molecule has 0 amide bonds. The largest absolute Gasteiger partial charge is 0.619 e. The van der Waals surface area contributed by atoms with Crippen LogP contribution in [0.3, 0.4) is 0 Å². The minimum Gasteiger partial charge on any atom is -0.619 e. The summed E-state index contributed by atoms with van der Waals surface area (Å²) in [5.41, 5.74) is 0.868. The molecule has 134 valence electrons. The Balaban J connectivity index is 2.17. The Morgan fingerprint density at radius 2 is 1.88 bits per heavy atom. The smallest absolute Gasteiger partial charge is 0.320 e. The lowest BCUT2D eigenvalue weighted by atomic mass is 9.94. The van der Waals surface area contributed by atoms with Gasteiger partial charge in [0.2, 0.25) is 5.89 Å². The maximum Gasteiger partial charge on any atom is 0.320 e. The zero-order chi connectivity index (χ0) is 18.7. The van der Waals surface area contributed by atoms with Crippen LogP contribution >= 0.6 is 0 Å². The molecule has 3 rings (SSSR count). The number of oxazole rings is 1. The topological polar surface area (TPSA) is 79.3 Å². The number of aromatic nitrogens is 2. The average Bonchev–Trinajstić information content (AvgIpc) is 3.09. The number of carbonyl (C=O) groups is 1. The first-order chi connectivity index (χ1) is 12.4. The number of rotatable bonds is 5. The van der Waals surface area contributed by atoms with Crippen LogP contribution in [-0.4, -0.2) is 17.6 Å². The van der Waals surface area contributed by atoms with Crippen molar-refractivity contribution in [2.45, 2.75) is 26.2 Å². The molecule has 0 fully saturated rings. The van der Waals surface area contributed by atoms with Gasteiger partial charge < -0.3 is 14.4 Å². The van der Waals surface area contributed by atoms with Crippen LogP contribution in [0.2, 0.25) is 0 Å². The molecular weight excluding hydrogens is 332 g/mol. The SMILES string of the molecule is CCOC(=O)C(C)(C)c1nc(-c2ccc[n+]([O-])c2)c(-c2ccccc2)o1. The van der Waals surface area contributed by atoms with E-state index >= 15 is 0 Å². The van der Waals surface area contributed by atoms with Gasteiger partial charge in [-0.05, 0) is 26.8 Å². The number of hydrogen-bond acceptors (Lipinski definition) is 5. The Kier molecular flexibility index (Phi) is 4.75. The zero-order valence-electron chi connectivity index (χ0n) is 14.9. The zero-order valence-corrected chi connectivity index (χ0v) is 14.9. The second-order valence-corrected chi connectivity index (χ2v) is 6.36. The van der Waals surface area contributed by atoms with Crippen molar-refractivity contribution in [1.29, 1.82) is 0 Å². The second-order valence-electron chi connectivity index (χ2n) is 6.36. The summed E-state index contributed by atoms with van der Waals surface area (Å²) in [6.07, 6.45) is 2.82. The van der Waals surface area contributed by atoms with Crippen LogP contribution in [0.5, 0.6) is 0 Å². The highest BCUT2D eigenvalue weighted by molar-refractivity contribution is 5.82. The van der Waals surface area contributed by atoms with Crippen molar-refractivity contribution >= 4 is 5.97 Å². The predicted molar refractivity (Wildman–Crippen MR) is 96.0 cm³/mol. The van der Waals surface area contributed by atoms with Crippen molar-refractivity contribution in [3.05, 3.63) is 66.0 Å². The molecule has 0 radical (unpaired) electrons. The van der Waals surface area contributed by atoms with Crippen LogP contribution in [0.25, 0.3) is 22.6 Å². The summed E-state index contributed by atoms with van der Waals surface area (Å²) < 4.78 is 11.9. The molecule has 0 saturated heterocycles.